The lowest BCUT2D eigenvalue weighted by Crippen LogP contribution is -2.30. The van der Waals surface area contributed by atoms with Gasteiger partial charge in [0.05, 0.1) is 0 Å². The molecule has 0 saturated carbocycles. The van der Waals surface area contributed by atoms with Crippen LogP contribution < -0.4 is 0 Å². The van der Waals surface area contributed by atoms with Crippen molar-refractivity contribution in [2.75, 3.05) is 19.7 Å². The number of carbonyl (C=O) groups excluding carboxylic acids is 1. The summed E-state index contributed by atoms with van der Waals surface area (Å²) in [7, 11) is 0. The van der Waals surface area contributed by atoms with Crippen LogP contribution in [-0.2, 0) is 4.79 Å². The molecule has 1 fully saturated rings. The molecule has 1 amide bonds. The second-order valence-corrected chi connectivity index (χ2v) is 5.45. The van der Waals surface area contributed by atoms with Crippen molar-refractivity contribution in [3.8, 4) is 0 Å². The highest BCUT2D eigenvalue weighted by atomic mass is 19.1. The highest BCUT2D eigenvalue weighted by Crippen LogP contribution is 2.25. The van der Waals surface area contributed by atoms with Gasteiger partial charge in [0.15, 0.2) is 0 Å². The number of likely N-dealkylation sites (tertiary alicyclic amines) is 1. The van der Waals surface area contributed by atoms with Gasteiger partial charge >= 0.3 is 0 Å². The predicted octanol–water partition coefficient (Wildman–Crippen LogP) is 2.30. The van der Waals surface area contributed by atoms with E-state index in [0.29, 0.717) is 18.7 Å². The molecule has 110 valence electrons. The first-order chi connectivity index (χ1) is 9.51. The summed E-state index contributed by atoms with van der Waals surface area (Å²) in [6, 6.07) is 3.44. The molecule has 5 heteroatoms. The first-order valence-corrected chi connectivity index (χ1v) is 6.84. The third kappa shape index (κ3) is 3.33. The Kier molecular flexibility index (Phi) is 4.70. The van der Waals surface area contributed by atoms with Crippen molar-refractivity contribution in [3.63, 3.8) is 0 Å². The van der Waals surface area contributed by atoms with Crippen LogP contribution in [0.2, 0.25) is 0 Å². The molecule has 0 spiro atoms. The number of nitrogens with zero attached hydrogens (tertiary/aromatic N) is 1. The van der Waals surface area contributed by atoms with Crippen molar-refractivity contribution < 1.29 is 18.7 Å². The standard InChI is InChI=1S/C15H19F2NO2/c1-10(13-3-2-12(16)7-14(13)17)6-15(20)18-5-4-11(8-18)9-19/h2-3,7,10-11,19H,4-6,8-9H2,1H3/t10-,11-/m1/s1. The van der Waals surface area contributed by atoms with Gasteiger partial charge < -0.3 is 10.0 Å². The number of hydrogen-bond donors (Lipinski definition) is 1. The number of aliphatic hydroxyl groups excluding tert-OH is 1. The molecule has 0 bridgehead atoms. The van der Waals surface area contributed by atoms with Crippen LogP contribution in [0.4, 0.5) is 8.78 Å². The van der Waals surface area contributed by atoms with Crippen LogP contribution in [-0.4, -0.2) is 35.6 Å². The van der Waals surface area contributed by atoms with Crippen LogP contribution >= 0.6 is 0 Å². The van der Waals surface area contributed by atoms with Crippen LogP contribution in [0.3, 0.4) is 0 Å². The number of benzene rings is 1. The van der Waals surface area contributed by atoms with Gasteiger partial charge in [-0.3, -0.25) is 4.79 Å². The lowest BCUT2D eigenvalue weighted by atomic mass is 9.96. The fourth-order valence-corrected chi connectivity index (χ4v) is 2.61. The zero-order chi connectivity index (χ0) is 14.7. The Hall–Kier alpha value is -1.49. The molecule has 0 aliphatic carbocycles. The number of amides is 1. The van der Waals surface area contributed by atoms with Crippen molar-refractivity contribution in [1.82, 2.24) is 4.90 Å². The molecule has 0 radical (unpaired) electrons. The Labute approximate surface area is 117 Å². The molecule has 1 aliphatic heterocycles. The fourth-order valence-electron chi connectivity index (χ4n) is 2.61. The minimum Gasteiger partial charge on any atom is -0.396 e. The molecule has 1 saturated heterocycles. The SMILES string of the molecule is C[C@H](CC(=O)N1CC[C@@H](CO)C1)c1ccc(F)cc1F. The summed E-state index contributed by atoms with van der Waals surface area (Å²) in [5.41, 5.74) is 0.359. The molecule has 2 atom stereocenters. The normalized spacial score (nSPS) is 20.2. The van der Waals surface area contributed by atoms with Crippen molar-refractivity contribution in [1.29, 1.82) is 0 Å². The monoisotopic (exact) mass is 283 g/mol. The van der Waals surface area contributed by atoms with Crippen LogP contribution in [0.5, 0.6) is 0 Å². The number of hydrogen-bond acceptors (Lipinski definition) is 2. The van der Waals surface area contributed by atoms with Gasteiger partial charge in [-0.1, -0.05) is 13.0 Å². The van der Waals surface area contributed by atoms with Gasteiger partial charge in [0, 0.05) is 38.1 Å². The Morgan fingerprint density at radius 1 is 1.50 bits per heavy atom. The molecule has 1 aromatic carbocycles. The van der Waals surface area contributed by atoms with Gasteiger partial charge in [0.25, 0.3) is 0 Å². The second-order valence-electron chi connectivity index (χ2n) is 5.45. The average Bonchev–Trinajstić information content (AvgIpc) is 2.87. The number of aliphatic hydroxyl groups is 1. The Balaban J connectivity index is 1.97. The van der Waals surface area contributed by atoms with Crippen molar-refractivity contribution in [3.05, 3.63) is 35.4 Å². The lowest BCUT2D eigenvalue weighted by molar-refractivity contribution is -0.130. The molecular formula is C15H19F2NO2. The molecule has 1 aromatic rings. The van der Waals surface area contributed by atoms with E-state index in [-0.39, 0.29) is 30.8 Å². The molecule has 1 heterocycles. The topological polar surface area (TPSA) is 40.5 Å². The zero-order valence-corrected chi connectivity index (χ0v) is 11.5. The number of halogens is 2. The maximum absolute atomic E-state index is 13.6. The molecule has 20 heavy (non-hydrogen) atoms. The molecule has 0 unspecified atom stereocenters. The molecule has 1 aliphatic rings. The summed E-state index contributed by atoms with van der Waals surface area (Å²) in [6.07, 6.45) is 1.00. The lowest BCUT2D eigenvalue weighted by Gasteiger charge is -2.19. The maximum Gasteiger partial charge on any atom is 0.223 e. The van der Waals surface area contributed by atoms with Crippen molar-refractivity contribution >= 4 is 5.91 Å². The van der Waals surface area contributed by atoms with Crippen LogP contribution in [0.1, 0.15) is 31.2 Å². The largest absolute Gasteiger partial charge is 0.396 e. The molecule has 0 aromatic heterocycles. The van der Waals surface area contributed by atoms with E-state index in [1.54, 1.807) is 11.8 Å². The second kappa shape index (κ2) is 6.31. The summed E-state index contributed by atoms with van der Waals surface area (Å²) < 4.78 is 26.5. The summed E-state index contributed by atoms with van der Waals surface area (Å²) in [5.74, 6) is -1.42. The van der Waals surface area contributed by atoms with Gasteiger partial charge in [-0.25, -0.2) is 8.78 Å². The van der Waals surface area contributed by atoms with E-state index in [2.05, 4.69) is 0 Å². The molecule has 1 N–H and O–H groups in total. The van der Waals surface area contributed by atoms with Crippen LogP contribution in [0.15, 0.2) is 18.2 Å². The quantitative estimate of drug-likeness (QED) is 0.921. The van der Waals surface area contributed by atoms with Crippen molar-refractivity contribution in [2.24, 2.45) is 5.92 Å². The van der Waals surface area contributed by atoms with E-state index in [1.807, 2.05) is 0 Å². The summed E-state index contributed by atoms with van der Waals surface area (Å²) >= 11 is 0. The molecule has 2 rings (SSSR count). The van der Waals surface area contributed by atoms with E-state index >= 15 is 0 Å². The highest BCUT2D eigenvalue weighted by Gasteiger charge is 2.27. The van der Waals surface area contributed by atoms with E-state index < -0.39 is 11.6 Å². The first kappa shape index (κ1) is 14.9. The molecule has 3 nitrogen and oxygen atoms in total. The highest BCUT2D eigenvalue weighted by molar-refractivity contribution is 5.77. The maximum atomic E-state index is 13.6. The fraction of sp³-hybridized carbons (Fsp3) is 0.533. The van der Waals surface area contributed by atoms with E-state index in [4.69, 9.17) is 5.11 Å². The van der Waals surface area contributed by atoms with E-state index in [1.165, 1.54) is 12.1 Å². The van der Waals surface area contributed by atoms with Gasteiger partial charge in [-0.05, 0) is 24.0 Å². The van der Waals surface area contributed by atoms with Crippen LogP contribution in [0, 0.1) is 17.6 Å². The third-order valence-electron chi connectivity index (χ3n) is 3.87. The Morgan fingerprint density at radius 2 is 2.25 bits per heavy atom. The average molecular weight is 283 g/mol. The van der Waals surface area contributed by atoms with Gasteiger partial charge in [0.1, 0.15) is 11.6 Å². The van der Waals surface area contributed by atoms with Crippen LogP contribution in [0.25, 0.3) is 0 Å². The van der Waals surface area contributed by atoms with Gasteiger partial charge in [-0.2, -0.15) is 0 Å². The summed E-state index contributed by atoms with van der Waals surface area (Å²) in [4.78, 5) is 13.8. The Bertz CT molecular complexity index is 493. The Morgan fingerprint density at radius 3 is 2.85 bits per heavy atom. The van der Waals surface area contributed by atoms with Gasteiger partial charge in [-0.15, -0.1) is 0 Å². The number of rotatable bonds is 4. The predicted molar refractivity (Wildman–Crippen MR) is 71.2 cm³/mol. The minimum atomic E-state index is -0.616. The van der Waals surface area contributed by atoms with Crippen molar-refractivity contribution in [2.45, 2.75) is 25.7 Å². The van der Waals surface area contributed by atoms with Gasteiger partial charge in [0.2, 0.25) is 5.91 Å². The van der Waals surface area contributed by atoms with E-state index in [9.17, 15) is 13.6 Å². The number of carbonyl (C=O) groups is 1. The first-order valence-electron chi connectivity index (χ1n) is 6.84. The minimum absolute atomic E-state index is 0.0443. The van der Waals surface area contributed by atoms with E-state index in [0.717, 1.165) is 12.5 Å². The summed E-state index contributed by atoms with van der Waals surface area (Å²) in [5, 5.41) is 9.06. The molecular weight excluding hydrogens is 264 g/mol. The summed E-state index contributed by atoms with van der Waals surface area (Å²) in [6.45, 7) is 3.05. The smallest absolute Gasteiger partial charge is 0.223 e. The third-order valence-corrected chi connectivity index (χ3v) is 3.87. The zero-order valence-electron chi connectivity index (χ0n) is 11.5.